The minimum absolute atomic E-state index is 0.0433. The number of nitrogens with zero attached hydrogens (tertiary/aromatic N) is 1. The Bertz CT molecular complexity index is 611. The molecule has 2 rings (SSSR count). The largest absolute Gasteiger partial charge is 0.398 e. The van der Waals surface area contributed by atoms with E-state index in [1.807, 2.05) is 27.9 Å². The fourth-order valence-electron chi connectivity index (χ4n) is 2.69. The van der Waals surface area contributed by atoms with Crippen LogP contribution in [0.2, 0.25) is 0 Å². The third-order valence-electron chi connectivity index (χ3n) is 4.82. The van der Waals surface area contributed by atoms with Crippen molar-refractivity contribution in [2.45, 2.75) is 43.5 Å². The summed E-state index contributed by atoms with van der Waals surface area (Å²) in [6.45, 7) is 4.21. The van der Waals surface area contributed by atoms with Crippen LogP contribution in [-0.4, -0.2) is 39.5 Å². The van der Waals surface area contributed by atoms with Gasteiger partial charge in [0.1, 0.15) is 0 Å². The first-order chi connectivity index (χ1) is 9.68. The number of hydrogen-bond donors (Lipinski definition) is 2. The van der Waals surface area contributed by atoms with Crippen LogP contribution in [0.15, 0.2) is 17.0 Å². The van der Waals surface area contributed by atoms with E-state index in [1.54, 1.807) is 6.07 Å². The Morgan fingerprint density at radius 2 is 1.90 bits per heavy atom. The minimum atomic E-state index is -3.52. The van der Waals surface area contributed by atoms with Crippen LogP contribution < -0.4 is 10.5 Å². The second-order valence-corrected chi connectivity index (χ2v) is 8.02. The maximum absolute atomic E-state index is 12.5. The van der Waals surface area contributed by atoms with E-state index in [0.29, 0.717) is 12.2 Å². The summed E-state index contributed by atoms with van der Waals surface area (Å²) < 4.78 is 27.7. The van der Waals surface area contributed by atoms with Crippen molar-refractivity contribution in [3.8, 4) is 0 Å². The summed E-state index contributed by atoms with van der Waals surface area (Å²) in [4.78, 5) is 2.37. The molecular formula is C15H25N3O2S. The molecule has 0 bridgehead atoms. The molecule has 118 valence electrons. The summed E-state index contributed by atoms with van der Waals surface area (Å²) >= 11 is 0. The number of rotatable bonds is 5. The summed E-state index contributed by atoms with van der Waals surface area (Å²) in [5.41, 5.74) is 8.18. The molecule has 21 heavy (non-hydrogen) atoms. The molecule has 6 heteroatoms. The summed E-state index contributed by atoms with van der Waals surface area (Å²) in [5.74, 6) is 0. The van der Waals surface area contributed by atoms with Crippen LogP contribution in [0.3, 0.4) is 0 Å². The third kappa shape index (κ3) is 3.07. The first-order valence-corrected chi connectivity index (χ1v) is 8.70. The van der Waals surface area contributed by atoms with Crippen LogP contribution in [0.5, 0.6) is 0 Å². The van der Waals surface area contributed by atoms with Crippen molar-refractivity contribution in [2.75, 3.05) is 26.4 Å². The van der Waals surface area contributed by atoms with Crippen molar-refractivity contribution < 1.29 is 8.42 Å². The molecule has 0 aliphatic heterocycles. The predicted molar refractivity (Wildman–Crippen MR) is 85.8 cm³/mol. The van der Waals surface area contributed by atoms with E-state index in [-0.39, 0.29) is 10.4 Å². The van der Waals surface area contributed by atoms with E-state index in [0.717, 1.165) is 30.4 Å². The van der Waals surface area contributed by atoms with Crippen LogP contribution in [-0.2, 0) is 10.0 Å². The lowest BCUT2D eigenvalue weighted by Crippen LogP contribution is -2.57. The number of nitrogens with one attached hydrogen (secondary N) is 1. The number of anilines is 1. The van der Waals surface area contributed by atoms with Gasteiger partial charge in [-0.1, -0.05) is 0 Å². The monoisotopic (exact) mass is 311 g/mol. The second-order valence-electron chi connectivity index (χ2n) is 6.25. The topological polar surface area (TPSA) is 75.4 Å². The molecule has 0 radical (unpaired) electrons. The van der Waals surface area contributed by atoms with Crippen molar-refractivity contribution in [1.29, 1.82) is 0 Å². The number of aryl methyl sites for hydroxylation is 1. The number of sulfonamides is 1. The average Bonchev–Trinajstić information content (AvgIpc) is 2.33. The van der Waals surface area contributed by atoms with Crippen molar-refractivity contribution in [1.82, 2.24) is 9.62 Å². The Balaban J connectivity index is 2.19. The molecular weight excluding hydrogens is 286 g/mol. The Labute approximate surface area is 127 Å². The summed E-state index contributed by atoms with van der Waals surface area (Å²) in [5, 5.41) is 0. The van der Waals surface area contributed by atoms with Gasteiger partial charge in [0.15, 0.2) is 0 Å². The molecule has 0 spiro atoms. The lowest BCUT2D eigenvalue weighted by atomic mass is 9.76. The quantitative estimate of drug-likeness (QED) is 0.811. The molecule has 0 saturated heterocycles. The zero-order valence-electron chi connectivity index (χ0n) is 13.2. The van der Waals surface area contributed by atoms with E-state index in [1.165, 1.54) is 6.07 Å². The molecule has 0 aromatic heterocycles. The molecule has 0 heterocycles. The summed E-state index contributed by atoms with van der Waals surface area (Å²) in [7, 11) is 0.481. The van der Waals surface area contributed by atoms with Gasteiger partial charge in [-0.15, -0.1) is 0 Å². The molecule has 1 aromatic rings. The van der Waals surface area contributed by atoms with Crippen LogP contribution in [0, 0.1) is 13.8 Å². The number of hydrogen-bond acceptors (Lipinski definition) is 4. The van der Waals surface area contributed by atoms with E-state index >= 15 is 0 Å². The van der Waals surface area contributed by atoms with Gasteiger partial charge in [-0.05, 0) is 70.5 Å². The molecule has 1 aromatic carbocycles. The number of benzene rings is 1. The van der Waals surface area contributed by atoms with Gasteiger partial charge in [0.05, 0.1) is 4.90 Å². The van der Waals surface area contributed by atoms with Crippen molar-refractivity contribution in [2.24, 2.45) is 0 Å². The Kier molecular flexibility index (Phi) is 4.33. The lowest BCUT2D eigenvalue weighted by Gasteiger charge is -2.47. The van der Waals surface area contributed by atoms with E-state index in [4.69, 9.17) is 5.73 Å². The van der Waals surface area contributed by atoms with Gasteiger partial charge in [-0.25, -0.2) is 13.1 Å². The fourth-order valence-corrected chi connectivity index (χ4v) is 3.93. The summed E-state index contributed by atoms with van der Waals surface area (Å²) in [6, 6.07) is 3.21. The Hall–Kier alpha value is -1.11. The first-order valence-electron chi connectivity index (χ1n) is 7.22. The van der Waals surface area contributed by atoms with Crippen LogP contribution in [0.1, 0.15) is 30.4 Å². The molecule has 0 unspecified atom stereocenters. The fraction of sp³-hybridized carbons (Fsp3) is 0.600. The highest BCUT2D eigenvalue weighted by atomic mass is 32.2. The van der Waals surface area contributed by atoms with Gasteiger partial charge in [-0.3, -0.25) is 0 Å². The zero-order valence-corrected chi connectivity index (χ0v) is 14.0. The molecule has 0 amide bonds. The molecule has 1 fully saturated rings. The SMILES string of the molecule is Cc1cc(S(=O)(=O)NCC2(N(C)C)CCC2)cc(N)c1C. The lowest BCUT2D eigenvalue weighted by molar-refractivity contribution is 0.0657. The Morgan fingerprint density at radius 3 is 2.33 bits per heavy atom. The van der Waals surface area contributed by atoms with Gasteiger partial charge in [0, 0.05) is 17.8 Å². The highest BCUT2D eigenvalue weighted by Crippen LogP contribution is 2.35. The molecule has 1 aliphatic carbocycles. The van der Waals surface area contributed by atoms with Gasteiger partial charge in [0.25, 0.3) is 0 Å². The van der Waals surface area contributed by atoms with Gasteiger partial charge in [0.2, 0.25) is 10.0 Å². The van der Waals surface area contributed by atoms with Crippen molar-refractivity contribution in [3.63, 3.8) is 0 Å². The number of nitrogen functional groups attached to an aromatic ring is 1. The van der Waals surface area contributed by atoms with Gasteiger partial charge in [-0.2, -0.15) is 0 Å². The number of likely N-dealkylation sites (N-methyl/N-ethyl adjacent to an activating group) is 1. The summed E-state index contributed by atoms with van der Waals surface area (Å²) in [6.07, 6.45) is 3.20. The Morgan fingerprint density at radius 1 is 1.29 bits per heavy atom. The maximum atomic E-state index is 12.5. The van der Waals surface area contributed by atoms with Crippen LogP contribution in [0.25, 0.3) is 0 Å². The highest BCUT2D eigenvalue weighted by molar-refractivity contribution is 7.89. The van der Waals surface area contributed by atoms with E-state index < -0.39 is 10.0 Å². The predicted octanol–water partition coefficient (Wildman–Crippen LogP) is 1.65. The molecule has 5 nitrogen and oxygen atoms in total. The van der Waals surface area contributed by atoms with Gasteiger partial charge >= 0.3 is 0 Å². The van der Waals surface area contributed by atoms with Crippen molar-refractivity contribution >= 4 is 15.7 Å². The normalized spacial score (nSPS) is 17.8. The molecule has 1 aliphatic rings. The highest BCUT2D eigenvalue weighted by Gasteiger charge is 2.39. The van der Waals surface area contributed by atoms with Crippen molar-refractivity contribution in [3.05, 3.63) is 23.3 Å². The molecule has 1 saturated carbocycles. The standard InChI is InChI=1S/C15H25N3O2S/c1-11-8-13(9-14(16)12(11)2)21(19,20)17-10-15(18(3)4)6-5-7-15/h8-9,17H,5-7,10,16H2,1-4H3. The molecule has 3 N–H and O–H groups in total. The minimum Gasteiger partial charge on any atom is -0.398 e. The maximum Gasteiger partial charge on any atom is 0.240 e. The average molecular weight is 311 g/mol. The third-order valence-corrected chi connectivity index (χ3v) is 6.20. The van der Waals surface area contributed by atoms with Crippen LogP contribution in [0.4, 0.5) is 5.69 Å². The van der Waals surface area contributed by atoms with Crippen LogP contribution >= 0.6 is 0 Å². The first kappa shape index (κ1) is 16.3. The molecule has 0 atom stereocenters. The van der Waals surface area contributed by atoms with Gasteiger partial charge < -0.3 is 10.6 Å². The van der Waals surface area contributed by atoms with E-state index in [2.05, 4.69) is 9.62 Å². The van der Waals surface area contributed by atoms with E-state index in [9.17, 15) is 8.42 Å². The smallest absolute Gasteiger partial charge is 0.240 e. The zero-order chi connectivity index (χ0) is 15.8. The second kappa shape index (κ2) is 5.59. The number of nitrogens with two attached hydrogens (primary N) is 1.